The zero-order valence-corrected chi connectivity index (χ0v) is 37.9. The summed E-state index contributed by atoms with van der Waals surface area (Å²) in [5.41, 5.74) is 0. The Hall–Kier alpha value is -1.99. The van der Waals surface area contributed by atoms with Crippen molar-refractivity contribution in [3.63, 3.8) is 0 Å². The Bertz CT molecular complexity index is 1070. The van der Waals surface area contributed by atoms with Gasteiger partial charge in [-0.15, -0.1) is 0 Å². The number of allylic oxidation sites excluding steroid dienone is 8. The number of phosphoric ester groups is 1. The number of esters is 2. The molecule has 0 aromatic rings. The topological polar surface area (TPSA) is 108 Å². The predicted molar refractivity (Wildman–Crippen MR) is 239 cm³/mol. The third kappa shape index (κ3) is 43.4. The van der Waals surface area contributed by atoms with E-state index in [2.05, 4.69) is 67.0 Å². The number of rotatable bonds is 43. The molecule has 0 heterocycles. The monoisotopic (exact) mass is 823 g/mol. The van der Waals surface area contributed by atoms with E-state index in [4.69, 9.17) is 14.0 Å². The normalized spacial score (nSPS) is 13.7. The molecule has 0 aromatic carbocycles. The van der Waals surface area contributed by atoms with Crippen LogP contribution in [0.3, 0.4) is 0 Å². The lowest BCUT2D eigenvalue weighted by molar-refractivity contribution is -0.161. The molecular weight excluding hydrogens is 735 g/mol. The molecule has 0 amide bonds. The first-order chi connectivity index (χ1) is 27.8. The second-order valence-electron chi connectivity index (χ2n) is 15.5. The standard InChI is InChI=1S/C48H87O8P/c1-4-6-8-10-12-14-16-18-20-22-23-24-25-27-28-30-32-34-36-38-40-42-47(49)54-44-46(45-55-57(51,52)53-3)56-48(50)43-41-39-37-35-33-31-29-26-21-19-17-15-13-11-9-7-5-2/h7,9,13,15,19,21,29,31,46H,4-6,8,10-12,14,16-18,20,22-28,30,32-45H2,1-3H3,(H,51,52)/b9-7-,15-13-,21-19-,31-29-. The summed E-state index contributed by atoms with van der Waals surface area (Å²) < 4.78 is 32.0. The number of hydrogen-bond donors (Lipinski definition) is 1. The van der Waals surface area contributed by atoms with Gasteiger partial charge in [0, 0.05) is 20.0 Å². The summed E-state index contributed by atoms with van der Waals surface area (Å²) >= 11 is 0. The van der Waals surface area contributed by atoms with Crippen molar-refractivity contribution in [2.24, 2.45) is 0 Å². The molecule has 0 aliphatic heterocycles. The van der Waals surface area contributed by atoms with Crippen molar-refractivity contribution in [3.8, 4) is 0 Å². The fourth-order valence-corrected chi connectivity index (χ4v) is 6.99. The van der Waals surface area contributed by atoms with Crippen LogP contribution in [0, 0.1) is 0 Å². The molecule has 57 heavy (non-hydrogen) atoms. The number of unbranched alkanes of at least 4 members (excludes halogenated alkanes) is 24. The van der Waals surface area contributed by atoms with Crippen LogP contribution in [0.4, 0.5) is 0 Å². The maximum absolute atomic E-state index is 12.5. The molecule has 0 saturated carbocycles. The lowest BCUT2D eigenvalue weighted by Gasteiger charge is -2.19. The van der Waals surface area contributed by atoms with E-state index in [1.54, 1.807) is 0 Å². The summed E-state index contributed by atoms with van der Waals surface area (Å²) in [6.07, 6.45) is 53.1. The largest absolute Gasteiger partial charge is 0.472 e. The molecule has 0 spiro atoms. The van der Waals surface area contributed by atoms with Crippen molar-refractivity contribution in [2.45, 2.75) is 225 Å². The molecule has 0 aliphatic rings. The Morgan fingerprint density at radius 1 is 0.509 bits per heavy atom. The van der Waals surface area contributed by atoms with Crippen LogP contribution in [-0.2, 0) is 32.7 Å². The van der Waals surface area contributed by atoms with Gasteiger partial charge >= 0.3 is 19.8 Å². The van der Waals surface area contributed by atoms with Gasteiger partial charge in [0.1, 0.15) is 6.61 Å². The highest BCUT2D eigenvalue weighted by molar-refractivity contribution is 7.47. The van der Waals surface area contributed by atoms with Gasteiger partial charge in [-0.3, -0.25) is 18.6 Å². The van der Waals surface area contributed by atoms with E-state index in [-0.39, 0.29) is 25.4 Å². The van der Waals surface area contributed by atoms with Gasteiger partial charge in [-0.1, -0.05) is 204 Å². The second-order valence-corrected chi connectivity index (χ2v) is 17.1. The van der Waals surface area contributed by atoms with Gasteiger partial charge in [0.15, 0.2) is 6.10 Å². The summed E-state index contributed by atoms with van der Waals surface area (Å²) in [6.45, 7) is 3.78. The highest BCUT2D eigenvalue weighted by atomic mass is 31.2. The van der Waals surface area contributed by atoms with Gasteiger partial charge in [0.25, 0.3) is 0 Å². The highest BCUT2D eigenvalue weighted by Gasteiger charge is 2.24. The Kier molecular flexibility index (Phi) is 42.1. The van der Waals surface area contributed by atoms with Crippen LogP contribution in [0.25, 0.3) is 0 Å². The smallest absolute Gasteiger partial charge is 0.462 e. The molecule has 0 rings (SSSR count). The van der Waals surface area contributed by atoms with Crippen LogP contribution in [0.15, 0.2) is 48.6 Å². The first-order valence-corrected chi connectivity index (χ1v) is 24.8. The molecule has 0 bridgehead atoms. The molecule has 0 fully saturated rings. The lowest BCUT2D eigenvalue weighted by Crippen LogP contribution is -2.29. The van der Waals surface area contributed by atoms with E-state index in [0.717, 1.165) is 77.7 Å². The van der Waals surface area contributed by atoms with Crippen molar-refractivity contribution in [1.29, 1.82) is 0 Å². The molecule has 0 radical (unpaired) electrons. The Morgan fingerprint density at radius 2 is 0.895 bits per heavy atom. The van der Waals surface area contributed by atoms with E-state index in [1.807, 2.05) is 0 Å². The van der Waals surface area contributed by atoms with Gasteiger partial charge < -0.3 is 14.4 Å². The van der Waals surface area contributed by atoms with Gasteiger partial charge in [-0.25, -0.2) is 4.57 Å². The van der Waals surface area contributed by atoms with Crippen molar-refractivity contribution < 1.29 is 37.6 Å². The van der Waals surface area contributed by atoms with Gasteiger partial charge in [-0.2, -0.15) is 0 Å². The van der Waals surface area contributed by atoms with Crippen molar-refractivity contribution >= 4 is 19.8 Å². The molecule has 0 saturated heterocycles. The molecule has 0 aliphatic carbocycles. The third-order valence-electron chi connectivity index (χ3n) is 10.1. The van der Waals surface area contributed by atoms with Gasteiger partial charge in [0.2, 0.25) is 0 Å². The fourth-order valence-electron chi connectivity index (χ4n) is 6.53. The van der Waals surface area contributed by atoms with Crippen molar-refractivity contribution in [1.82, 2.24) is 0 Å². The minimum atomic E-state index is -4.27. The number of phosphoric acid groups is 1. The SMILES string of the molecule is CC/C=C\C/C=C\C/C=C\C/C=C\CCCCCCC(=O)OC(COC(=O)CCCCCCCCCCCCCCCCCCCCCCC)COP(=O)(O)OC. The predicted octanol–water partition coefficient (Wildman–Crippen LogP) is 15.0. The highest BCUT2D eigenvalue weighted by Crippen LogP contribution is 2.42. The molecule has 2 unspecified atom stereocenters. The maximum atomic E-state index is 12.5. The van der Waals surface area contributed by atoms with Crippen LogP contribution in [0.5, 0.6) is 0 Å². The minimum absolute atomic E-state index is 0.217. The first kappa shape index (κ1) is 55.0. The zero-order chi connectivity index (χ0) is 41.8. The Labute approximate surface area is 350 Å². The average Bonchev–Trinajstić information content (AvgIpc) is 3.20. The summed E-state index contributed by atoms with van der Waals surface area (Å²) in [6, 6.07) is 0. The summed E-state index contributed by atoms with van der Waals surface area (Å²) in [5.74, 6) is -0.825. The second kappa shape index (κ2) is 43.6. The lowest BCUT2D eigenvalue weighted by atomic mass is 10.0. The summed E-state index contributed by atoms with van der Waals surface area (Å²) in [5, 5.41) is 0. The van der Waals surface area contributed by atoms with E-state index in [0.29, 0.717) is 6.42 Å². The maximum Gasteiger partial charge on any atom is 0.472 e. The fraction of sp³-hybridized carbons (Fsp3) is 0.792. The third-order valence-corrected chi connectivity index (χ3v) is 11.0. The first-order valence-electron chi connectivity index (χ1n) is 23.3. The molecule has 8 nitrogen and oxygen atoms in total. The number of carbonyl (C=O) groups excluding carboxylic acids is 2. The van der Waals surface area contributed by atoms with E-state index in [1.165, 1.54) is 116 Å². The van der Waals surface area contributed by atoms with Crippen LogP contribution >= 0.6 is 7.82 Å². The van der Waals surface area contributed by atoms with Crippen LogP contribution < -0.4 is 0 Å². The molecule has 332 valence electrons. The van der Waals surface area contributed by atoms with E-state index < -0.39 is 26.5 Å². The Balaban J connectivity index is 3.95. The molecule has 0 aromatic heterocycles. The molecule has 1 N–H and O–H groups in total. The quantitative estimate of drug-likeness (QED) is 0.0280. The molecule has 2 atom stereocenters. The van der Waals surface area contributed by atoms with Gasteiger partial charge in [0.05, 0.1) is 6.61 Å². The average molecular weight is 823 g/mol. The van der Waals surface area contributed by atoms with Crippen LogP contribution in [0.1, 0.15) is 219 Å². The van der Waals surface area contributed by atoms with Crippen molar-refractivity contribution in [3.05, 3.63) is 48.6 Å². The molecule has 9 heteroatoms. The number of ether oxygens (including phenoxy) is 2. The number of carbonyl (C=O) groups is 2. The zero-order valence-electron chi connectivity index (χ0n) is 37.0. The van der Waals surface area contributed by atoms with Crippen molar-refractivity contribution in [2.75, 3.05) is 20.3 Å². The molecular formula is C48H87O8P. The Morgan fingerprint density at radius 3 is 1.33 bits per heavy atom. The minimum Gasteiger partial charge on any atom is -0.462 e. The van der Waals surface area contributed by atoms with E-state index >= 15 is 0 Å². The summed E-state index contributed by atoms with van der Waals surface area (Å²) in [7, 11) is -3.21. The number of hydrogen-bond acceptors (Lipinski definition) is 7. The van der Waals surface area contributed by atoms with E-state index in [9.17, 15) is 19.0 Å². The van der Waals surface area contributed by atoms with Gasteiger partial charge in [-0.05, 0) is 51.4 Å². The summed E-state index contributed by atoms with van der Waals surface area (Å²) in [4.78, 5) is 34.5. The van der Waals surface area contributed by atoms with Crippen LogP contribution in [0.2, 0.25) is 0 Å². The van der Waals surface area contributed by atoms with Crippen LogP contribution in [-0.4, -0.2) is 43.3 Å².